The van der Waals surface area contributed by atoms with Crippen molar-refractivity contribution in [3.8, 4) is 11.5 Å². The molecule has 36 heavy (non-hydrogen) atoms. The summed E-state index contributed by atoms with van der Waals surface area (Å²) in [6.45, 7) is 9.10. The summed E-state index contributed by atoms with van der Waals surface area (Å²) in [6, 6.07) is 12.2. The Balaban J connectivity index is 1.80. The largest absolute Gasteiger partial charge is 0.507 e. The molecule has 1 atom stereocenters. The number of carbonyl (C=O) groups is 2. The third-order valence-corrected chi connectivity index (χ3v) is 6.95. The van der Waals surface area contributed by atoms with Crippen LogP contribution in [0.2, 0.25) is 0 Å². The molecule has 2 aromatic carbocycles. The maximum Gasteiger partial charge on any atom is 0.295 e. The number of Topliss-reactive ketones (excluding diaryl/α,β-unsaturated/α-hetero) is 1. The van der Waals surface area contributed by atoms with E-state index in [-0.39, 0.29) is 17.4 Å². The Kier molecular flexibility index (Phi) is 8.02. The summed E-state index contributed by atoms with van der Waals surface area (Å²) in [5, 5.41) is 11.5. The molecule has 1 aliphatic heterocycles. The molecule has 192 valence electrons. The van der Waals surface area contributed by atoms with Gasteiger partial charge in [0.15, 0.2) is 0 Å². The van der Waals surface area contributed by atoms with Crippen molar-refractivity contribution in [2.45, 2.75) is 71.9 Å². The summed E-state index contributed by atoms with van der Waals surface area (Å²) in [6.07, 6.45) is 4.90. The lowest BCUT2D eigenvalue weighted by Crippen LogP contribution is -2.40. The minimum Gasteiger partial charge on any atom is -0.507 e. The van der Waals surface area contributed by atoms with Gasteiger partial charge >= 0.3 is 0 Å². The van der Waals surface area contributed by atoms with E-state index in [1.165, 1.54) is 0 Å². The average molecular weight is 492 g/mol. The number of aliphatic hydroxyl groups is 1. The molecule has 2 fully saturated rings. The van der Waals surface area contributed by atoms with Crippen molar-refractivity contribution in [3.63, 3.8) is 0 Å². The van der Waals surface area contributed by atoms with Gasteiger partial charge in [0.1, 0.15) is 17.3 Å². The maximum atomic E-state index is 13.4. The SMILES string of the molecule is CCOc1cccc(C2/C(=C(\O)c3ccc(OCC(C)C)c(C)c3)C(=O)C(=O)N2C2CCCCC2)c1. The van der Waals surface area contributed by atoms with Gasteiger partial charge < -0.3 is 19.5 Å². The number of aryl methyl sites for hydroxylation is 1. The standard InChI is InChI=1S/C30H37NO5/c1-5-35-24-13-9-10-21(17-24)27-26(29(33)30(34)31(27)23-11-7-6-8-12-23)28(32)22-14-15-25(20(4)16-22)36-18-19(2)3/h9-10,13-17,19,23,27,32H,5-8,11-12,18H2,1-4H3/b28-26+. The third kappa shape index (κ3) is 5.28. The molecule has 1 unspecified atom stereocenters. The highest BCUT2D eigenvalue weighted by Gasteiger charge is 2.49. The van der Waals surface area contributed by atoms with Crippen LogP contribution in [-0.4, -0.2) is 41.0 Å². The topological polar surface area (TPSA) is 76.1 Å². The second kappa shape index (κ2) is 11.2. The molecule has 1 saturated carbocycles. The molecule has 0 spiro atoms. The van der Waals surface area contributed by atoms with Crippen LogP contribution in [0.15, 0.2) is 48.0 Å². The summed E-state index contributed by atoms with van der Waals surface area (Å²) in [5.74, 6) is 0.472. The lowest BCUT2D eigenvalue weighted by atomic mass is 9.90. The number of aliphatic hydroxyl groups excluding tert-OH is 1. The number of carbonyl (C=O) groups excluding carboxylic acids is 2. The fourth-order valence-corrected chi connectivity index (χ4v) is 5.22. The number of ketones is 1. The summed E-state index contributed by atoms with van der Waals surface area (Å²) >= 11 is 0. The van der Waals surface area contributed by atoms with Crippen molar-refractivity contribution in [2.24, 2.45) is 5.92 Å². The quantitative estimate of drug-likeness (QED) is 0.271. The Morgan fingerprint density at radius 1 is 1.06 bits per heavy atom. The Labute approximate surface area is 213 Å². The van der Waals surface area contributed by atoms with Crippen LogP contribution in [0.25, 0.3) is 5.76 Å². The first kappa shape index (κ1) is 25.8. The minimum absolute atomic E-state index is 0.0326. The Morgan fingerprint density at radius 2 is 1.81 bits per heavy atom. The molecule has 0 aromatic heterocycles. The predicted octanol–water partition coefficient (Wildman–Crippen LogP) is 6.18. The van der Waals surface area contributed by atoms with Crippen molar-refractivity contribution in [1.29, 1.82) is 0 Å². The number of rotatable bonds is 8. The normalized spacial score (nSPS) is 20.2. The first-order chi connectivity index (χ1) is 17.3. The molecule has 1 saturated heterocycles. The van der Waals surface area contributed by atoms with E-state index >= 15 is 0 Å². The molecule has 6 nitrogen and oxygen atoms in total. The molecule has 2 aromatic rings. The van der Waals surface area contributed by atoms with Crippen molar-refractivity contribution in [1.82, 2.24) is 4.90 Å². The number of amides is 1. The van der Waals surface area contributed by atoms with Crippen LogP contribution >= 0.6 is 0 Å². The van der Waals surface area contributed by atoms with Gasteiger partial charge in [-0.3, -0.25) is 9.59 Å². The average Bonchev–Trinajstić information content (AvgIpc) is 3.14. The number of likely N-dealkylation sites (tertiary alicyclic amines) is 1. The van der Waals surface area contributed by atoms with Gasteiger partial charge in [-0.1, -0.05) is 45.2 Å². The summed E-state index contributed by atoms with van der Waals surface area (Å²) in [5.41, 5.74) is 2.25. The first-order valence-electron chi connectivity index (χ1n) is 13.1. The monoisotopic (exact) mass is 491 g/mol. The highest BCUT2D eigenvalue weighted by atomic mass is 16.5. The first-order valence-corrected chi connectivity index (χ1v) is 13.1. The van der Waals surface area contributed by atoms with Gasteiger partial charge in [0.05, 0.1) is 24.8 Å². The van der Waals surface area contributed by atoms with Crippen LogP contribution in [-0.2, 0) is 9.59 Å². The summed E-state index contributed by atoms with van der Waals surface area (Å²) in [4.78, 5) is 28.5. The molecule has 2 aliphatic rings. The third-order valence-electron chi connectivity index (χ3n) is 6.95. The zero-order chi connectivity index (χ0) is 25.8. The zero-order valence-electron chi connectivity index (χ0n) is 21.8. The van der Waals surface area contributed by atoms with E-state index < -0.39 is 17.7 Å². The molecule has 1 heterocycles. The van der Waals surface area contributed by atoms with Gasteiger partial charge in [0, 0.05) is 11.6 Å². The van der Waals surface area contributed by atoms with Crippen LogP contribution in [0, 0.1) is 12.8 Å². The van der Waals surface area contributed by atoms with Gasteiger partial charge in [0.2, 0.25) is 0 Å². The second-order valence-corrected chi connectivity index (χ2v) is 10.2. The Bertz CT molecular complexity index is 1150. The van der Waals surface area contributed by atoms with Crippen molar-refractivity contribution >= 4 is 17.4 Å². The lowest BCUT2D eigenvalue weighted by Gasteiger charge is -2.35. The molecule has 4 rings (SSSR count). The van der Waals surface area contributed by atoms with E-state index in [9.17, 15) is 14.7 Å². The molecule has 1 aliphatic carbocycles. The van der Waals surface area contributed by atoms with Gasteiger partial charge in [-0.15, -0.1) is 0 Å². The number of hydrogen-bond acceptors (Lipinski definition) is 5. The zero-order valence-corrected chi connectivity index (χ0v) is 21.8. The molecule has 6 heteroatoms. The van der Waals surface area contributed by atoms with E-state index in [2.05, 4.69) is 13.8 Å². The molecule has 1 N–H and O–H groups in total. The molecule has 0 bridgehead atoms. The fraction of sp³-hybridized carbons (Fsp3) is 0.467. The van der Waals surface area contributed by atoms with E-state index in [4.69, 9.17) is 9.47 Å². The number of hydrogen-bond donors (Lipinski definition) is 1. The van der Waals surface area contributed by atoms with E-state index in [1.54, 1.807) is 11.0 Å². The number of benzene rings is 2. The maximum absolute atomic E-state index is 13.4. The van der Waals surface area contributed by atoms with Crippen LogP contribution in [0.3, 0.4) is 0 Å². The molecular weight excluding hydrogens is 454 g/mol. The van der Waals surface area contributed by atoms with Crippen molar-refractivity contribution in [3.05, 3.63) is 64.7 Å². The fourth-order valence-electron chi connectivity index (χ4n) is 5.22. The van der Waals surface area contributed by atoms with E-state index in [0.29, 0.717) is 30.4 Å². The lowest BCUT2D eigenvalue weighted by molar-refractivity contribution is -0.141. The minimum atomic E-state index is -0.661. The van der Waals surface area contributed by atoms with Crippen molar-refractivity contribution in [2.75, 3.05) is 13.2 Å². The van der Waals surface area contributed by atoms with Crippen LogP contribution < -0.4 is 9.47 Å². The highest BCUT2D eigenvalue weighted by molar-refractivity contribution is 6.46. The Hall–Kier alpha value is -3.28. The van der Waals surface area contributed by atoms with Gasteiger partial charge in [-0.25, -0.2) is 0 Å². The van der Waals surface area contributed by atoms with Crippen LogP contribution in [0.4, 0.5) is 0 Å². The summed E-state index contributed by atoms with van der Waals surface area (Å²) < 4.78 is 11.6. The van der Waals surface area contributed by atoms with E-state index in [1.807, 2.05) is 50.2 Å². The smallest absolute Gasteiger partial charge is 0.295 e. The predicted molar refractivity (Wildman–Crippen MR) is 140 cm³/mol. The summed E-state index contributed by atoms with van der Waals surface area (Å²) in [7, 11) is 0. The van der Waals surface area contributed by atoms with Gasteiger partial charge in [-0.05, 0) is 74.1 Å². The van der Waals surface area contributed by atoms with E-state index in [0.717, 1.165) is 49.0 Å². The number of ether oxygens (including phenoxy) is 2. The molecule has 0 radical (unpaired) electrons. The second-order valence-electron chi connectivity index (χ2n) is 10.2. The van der Waals surface area contributed by atoms with Gasteiger partial charge in [0.25, 0.3) is 11.7 Å². The van der Waals surface area contributed by atoms with Crippen LogP contribution in [0.1, 0.15) is 75.6 Å². The molecular formula is C30H37NO5. The molecule has 1 amide bonds. The van der Waals surface area contributed by atoms with Crippen molar-refractivity contribution < 1.29 is 24.2 Å². The number of nitrogens with zero attached hydrogens (tertiary/aromatic N) is 1. The highest BCUT2D eigenvalue weighted by Crippen LogP contribution is 2.44. The Morgan fingerprint density at radius 3 is 2.47 bits per heavy atom. The van der Waals surface area contributed by atoms with Crippen LogP contribution in [0.5, 0.6) is 11.5 Å². The van der Waals surface area contributed by atoms with Gasteiger partial charge in [-0.2, -0.15) is 0 Å².